The van der Waals surface area contributed by atoms with Crippen LogP contribution in [0.5, 0.6) is 5.75 Å². The van der Waals surface area contributed by atoms with Gasteiger partial charge in [0, 0.05) is 34.3 Å². The lowest BCUT2D eigenvalue weighted by Crippen LogP contribution is -2.38. The van der Waals surface area contributed by atoms with Gasteiger partial charge in [0.15, 0.2) is 0 Å². The molecule has 10 heteroatoms. The summed E-state index contributed by atoms with van der Waals surface area (Å²) in [5.74, 6) is -1.64. The molecule has 184 valence electrons. The number of carbonyl (C=O) groups excluding carboxylic acids is 1. The molecule has 1 unspecified atom stereocenters. The summed E-state index contributed by atoms with van der Waals surface area (Å²) < 4.78 is 1.57. The van der Waals surface area contributed by atoms with Gasteiger partial charge in [-0.15, -0.1) is 12.4 Å². The Kier molecular flexibility index (Phi) is 7.32. The van der Waals surface area contributed by atoms with Gasteiger partial charge < -0.3 is 15.5 Å². The number of carbonyl (C=O) groups is 2. The average molecular weight is 524 g/mol. The summed E-state index contributed by atoms with van der Waals surface area (Å²) in [5.41, 5.74) is 2.44. The molecule has 0 saturated heterocycles. The standard InChI is InChI=1S/C26H21N3O5S.ClH/c30-21(31)12-28-25(33)22-24(32)18-13-35-14-20(18)29(26(22)34)23(15-6-2-1-3-7-15)17-8-4-10-19-16(17)9-5-11-27-19;/h1-11,23,32H,12-14H2,(H,28,33)(H,30,31);1H. The zero-order chi connectivity index (χ0) is 24.5. The van der Waals surface area contributed by atoms with Gasteiger partial charge in [0.1, 0.15) is 17.9 Å². The largest absolute Gasteiger partial charge is 0.507 e. The Labute approximate surface area is 216 Å². The first-order chi connectivity index (χ1) is 17.0. The summed E-state index contributed by atoms with van der Waals surface area (Å²) in [4.78, 5) is 42.3. The number of hydrogen-bond acceptors (Lipinski definition) is 6. The molecule has 0 aliphatic carbocycles. The number of hydrogen-bond donors (Lipinski definition) is 3. The van der Waals surface area contributed by atoms with Crippen LogP contribution in [0, 0.1) is 0 Å². The number of thioether (sulfide) groups is 1. The zero-order valence-corrected chi connectivity index (χ0v) is 20.5. The Bertz CT molecular complexity index is 1520. The van der Waals surface area contributed by atoms with E-state index in [1.165, 1.54) is 11.8 Å². The summed E-state index contributed by atoms with van der Waals surface area (Å²) in [6.07, 6.45) is 1.70. The average Bonchev–Trinajstić information content (AvgIpc) is 3.36. The highest BCUT2D eigenvalue weighted by Gasteiger charge is 2.33. The molecule has 1 aliphatic heterocycles. The van der Waals surface area contributed by atoms with Crippen molar-refractivity contribution in [2.75, 3.05) is 6.54 Å². The fourth-order valence-corrected chi connectivity index (χ4v) is 5.64. The summed E-state index contributed by atoms with van der Waals surface area (Å²) >= 11 is 1.53. The van der Waals surface area contributed by atoms with Crippen molar-refractivity contribution in [1.82, 2.24) is 14.9 Å². The predicted octanol–water partition coefficient (Wildman–Crippen LogP) is 3.72. The van der Waals surface area contributed by atoms with Crippen molar-refractivity contribution < 1.29 is 19.8 Å². The molecule has 8 nitrogen and oxygen atoms in total. The molecule has 1 aliphatic rings. The SMILES string of the molecule is Cl.O=C(O)CNC(=O)c1c(O)c2c(n(C(c3ccccc3)c3cccc4ncccc34)c1=O)CSC2. The molecule has 1 atom stereocenters. The molecule has 2 aromatic carbocycles. The first-order valence-electron chi connectivity index (χ1n) is 10.9. The van der Waals surface area contributed by atoms with E-state index in [4.69, 9.17) is 5.11 Å². The van der Waals surface area contributed by atoms with Crippen molar-refractivity contribution in [3.05, 3.63) is 105 Å². The van der Waals surface area contributed by atoms with E-state index < -0.39 is 35.6 Å². The van der Waals surface area contributed by atoms with E-state index in [1.807, 2.05) is 60.7 Å². The molecule has 0 radical (unpaired) electrons. The minimum absolute atomic E-state index is 0. The topological polar surface area (TPSA) is 122 Å². The normalized spacial score (nSPS) is 13.0. The lowest BCUT2D eigenvalue weighted by molar-refractivity contribution is -0.135. The second-order valence-electron chi connectivity index (χ2n) is 8.12. The number of nitrogens with one attached hydrogen (secondary N) is 1. The number of carboxylic acids is 1. The monoisotopic (exact) mass is 523 g/mol. The van der Waals surface area contributed by atoms with Crippen molar-refractivity contribution in [2.45, 2.75) is 17.5 Å². The quantitative estimate of drug-likeness (QED) is 0.352. The Morgan fingerprint density at radius 1 is 1.06 bits per heavy atom. The number of pyridine rings is 2. The van der Waals surface area contributed by atoms with Gasteiger partial charge in [0.05, 0.1) is 11.6 Å². The maximum atomic E-state index is 13.9. The Hall–Kier alpha value is -3.82. The van der Waals surface area contributed by atoms with Crippen LogP contribution in [0.4, 0.5) is 0 Å². The molecule has 0 bridgehead atoms. The number of fused-ring (bicyclic) bond motifs is 2. The fraction of sp³-hybridized carbons (Fsp3) is 0.154. The Balaban J connectivity index is 0.00000304. The number of halogens is 1. The van der Waals surface area contributed by atoms with E-state index in [-0.39, 0.29) is 18.2 Å². The second-order valence-corrected chi connectivity index (χ2v) is 9.11. The number of rotatable bonds is 6. The maximum absolute atomic E-state index is 13.9. The van der Waals surface area contributed by atoms with Crippen LogP contribution in [-0.4, -0.2) is 38.2 Å². The van der Waals surface area contributed by atoms with Crippen molar-refractivity contribution >= 4 is 46.9 Å². The first-order valence-corrected chi connectivity index (χ1v) is 12.1. The van der Waals surface area contributed by atoms with Crippen LogP contribution in [-0.2, 0) is 16.3 Å². The molecular weight excluding hydrogens is 502 g/mol. The van der Waals surface area contributed by atoms with Gasteiger partial charge in [0.25, 0.3) is 11.5 Å². The van der Waals surface area contributed by atoms with Crippen LogP contribution < -0.4 is 10.9 Å². The van der Waals surface area contributed by atoms with Gasteiger partial charge in [-0.25, -0.2) is 0 Å². The number of aliphatic carboxylic acids is 1. The molecule has 4 aromatic rings. The van der Waals surface area contributed by atoms with Crippen LogP contribution in [0.3, 0.4) is 0 Å². The third-order valence-corrected chi connectivity index (χ3v) is 7.02. The number of aromatic hydroxyl groups is 1. The zero-order valence-electron chi connectivity index (χ0n) is 18.9. The molecule has 0 spiro atoms. The maximum Gasteiger partial charge on any atom is 0.322 e. The van der Waals surface area contributed by atoms with E-state index in [0.717, 1.165) is 22.0 Å². The van der Waals surface area contributed by atoms with Crippen LogP contribution in [0.1, 0.15) is 38.8 Å². The minimum atomic E-state index is -1.25. The molecule has 3 N–H and O–H groups in total. The number of benzene rings is 2. The third-order valence-electron chi connectivity index (χ3n) is 6.05. The van der Waals surface area contributed by atoms with Gasteiger partial charge in [-0.1, -0.05) is 48.5 Å². The van der Waals surface area contributed by atoms with Gasteiger partial charge in [-0.2, -0.15) is 11.8 Å². The molecular formula is C26H22ClN3O5S. The molecule has 36 heavy (non-hydrogen) atoms. The van der Waals surface area contributed by atoms with Gasteiger partial charge >= 0.3 is 5.97 Å². The summed E-state index contributed by atoms with van der Waals surface area (Å²) in [6.45, 7) is -0.666. The van der Waals surface area contributed by atoms with Crippen molar-refractivity contribution in [3.8, 4) is 5.75 Å². The molecule has 0 saturated carbocycles. The summed E-state index contributed by atoms with van der Waals surface area (Å²) in [7, 11) is 0. The van der Waals surface area contributed by atoms with Gasteiger partial charge in [0.2, 0.25) is 0 Å². The van der Waals surface area contributed by atoms with E-state index in [9.17, 15) is 19.5 Å². The fourth-order valence-electron chi connectivity index (χ4n) is 4.53. The van der Waals surface area contributed by atoms with E-state index in [2.05, 4.69) is 10.3 Å². The number of carboxylic acid groups (broad SMARTS) is 1. The first kappa shape index (κ1) is 25.3. The number of nitrogens with zero attached hydrogens (tertiary/aromatic N) is 2. The Morgan fingerprint density at radius 2 is 1.83 bits per heavy atom. The highest BCUT2D eigenvalue weighted by atomic mass is 35.5. The van der Waals surface area contributed by atoms with E-state index in [0.29, 0.717) is 22.8 Å². The third kappa shape index (κ3) is 4.43. The Morgan fingerprint density at radius 3 is 2.58 bits per heavy atom. The highest BCUT2D eigenvalue weighted by Crippen LogP contribution is 2.40. The lowest BCUT2D eigenvalue weighted by atomic mass is 9.93. The molecule has 0 fully saturated rings. The second kappa shape index (κ2) is 10.4. The van der Waals surface area contributed by atoms with Crippen LogP contribution in [0.2, 0.25) is 0 Å². The van der Waals surface area contributed by atoms with Gasteiger partial charge in [-0.3, -0.25) is 23.9 Å². The summed E-state index contributed by atoms with van der Waals surface area (Å²) in [6, 6.07) is 18.3. The van der Waals surface area contributed by atoms with Crippen molar-refractivity contribution in [1.29, 1.82) is 0 Å². The van der Waals surface area contributed by atoms with Crippen molar-refractivity contribution in [2.24, 2.45) is 0 Å². The van der Waals surface area contributed by atoms with Crippen LogP contribution >= 0.6 is 24.2 Å². The van der Waals surface area contributed by atoms with Crippen LogP contribution in [0.15, 0.2) is 71.7 Å². The molecule has 1 amide bonds. The smallest absolute Gasteiger partial charge is 0.322 e. The highest BCUT2D eigenvalue weighted by molar-refractivity contribution is 7.98. The number of aromatic nitrogens is 2. The predicted molar refractivity (Wildman–Crippen MR) is 140 cm³/mol. The van der Waals surface area contributed by atoms with Crippen molar-refractivity contribution in [3.63, 3.8) is 0 Å². The molecule has 5 rings (SSSR count). The van der Waals surface area contributed by atoms with E-state index >= 15 is 0 Å². The summed E-state index contributed by atoms with van der Waals surface area (Å²) in [5, 5.41) is 23.0. The lowest BCUT2D eigenvalue weighted by Gasteiger charge is -2.26. The molecule has 2 aromatic heterocycles. The minimum Gasteiger partial charge on any atom is -0.507 e. The molecule has 3 heterocycles. The van der Waals surface area contributed by atoms with Gasteiger partial charge in [-0.05, 0) is 23.3 Å². The van der Waals surface area contributed by atoms with E-state index in [1.54, 1.807) is 10.8 Å². The number of amides is 1. The van der Waals surface area contributed by atoms with Crippen LogP contribution in [0.25, 0.3) is 10.9 Å².